The molecule has 0 N–H and O–H groups in total. The Bertz CT molecular complexity index is 347. The summed E-state index contributed by atoms with van der Waals surface area (Å²) in [7, 11) is -2.34. The van der Waals surface area contributed by atoms with Crippen molar-refractivity contribution in [3.05, 3.63) is 35.9 Å². The van der Waals surface area contributed by atoms with E-state index < -0.39 is 8.25 Å². The van der Waals surface area contributed by atoms with Crippen LogP contribution in [-0.4, -0.2) is 6.10 Å². The third-order valence-electron chi connectivity index (χ3n) is 3.01. The van der Waals surface area contributed by atoms with Crippen LogP contribution in [0.2, 0.25) is 0 Å². The molecule has 0 radical (unpaired) electrons. The Balaban J connectivity index is 1.70. The molecule has 1 aliphatic carbocycles. The van der Waals surface area contributed by atoms with Crippen molar-refractivity contribution in [2.75, 3.05) is 0 Å². The van der Waals surface area contributed by atoms with Gasteiger partial charge in [-0.15, -0.1) is 0 Å². The van der Waals surface area contributed by atoms with E-state index in [2.05, 4.69) is 0 Å². The van der Waals surface area contributed by atoms with Gasteiger partial charge in [-0.1, -0.05) is 49.6 Å². The predicted molar refractivity (Wildman–Crippen MR) is 68.2 cm³/mol. The van der Waals surface area contributed by atoms with Crippen LogP contribution in [0.15, 0.2) is 30.3 Å². The quantitative estimate of drug-likeness (QED) is 0.746. The average Bonchev–Trinajstić information content (AvgIpc) is 2.39. The molecule has 1 aliphatic rings. The minimum Gasteiger partial charge on any atom is -0.307 e. The second-order valence-electron chi connectivity index (χ2n) is 4.40. The highest BCUT2D eigenvalue weighted by molar-refractivity contribution is 7.33. The van der Waals surface area contributed by atoms with Gasteiger partial charge in [0.2, 0.25) is 0 Å². The molecule has 0 bridgehead atoms. The molecule has 0 aliphatic heterocycles. The van der Waals surface area contributed by atoms with Crippen LogP contribution in [0, 0.1) is 0 Å². The summed E-state index contributed by atoms with van der Waals surface area (Å²) in [6, 6.07) is 9.74. The summed E-state index contributed by atoms with van der Waals surface area (Å²) in [5.41, 5.74) is 1.03. The highest BCUT2D eigenvalue weighted by Crippen LogP contribution is 2.33. The fourth-order valence-electron chi connectivity index (χ4n) is 2.07. The molecule has 3 nitrogen and oxygen atoms in total. The Morgan fingerprint density at radius 3 is 2.53 bits per heavy atom. The summed E-state index contributed by atoms with van der Waals surface area (Å²) in [5.74, 6) is 0. The van der Waals surface area contributed by atoms with E-state index in [4.69, 9.17) is 9.05 Å². The van der Waals surface area contributed by atoms with Gasteiger partial charge in [0.1, 0.15) is 0 Å². The molecule has 1 saturated carbocycles. The number of hydrogen-bond acceptors (Lipinski definition) is 3. The van der Waals surface area contributed by atoms with Crippen molar-refractivity contribution in [3.63, 3.8) is 0 Å². The van der Waals surface area contributed by atoms with E-state index >= 15 is 0 Å². The Morgan fingerprint density at radius 2 is 1.82 bits per heavy atom. The zero-order valence-corrected chi connectivity index (χ0v) is 10.9. The lowest BCUT2D eigenvalue weighted by Crippen LogP contribution is -2.13. The fourth-order valence-corrected chi connectivity index (χ4v) is 2.93. The third kappa shape index (κ3) is 4.63. The molecule has 1 unspecified atom stereocenters. The maximum atomic E-state index is 11.6. The lowest BCUT2D eigenvalue weighted by molar-refractivity contribution is 0.128. The van der Waals surface area contributed by atoms with Crippen LogP contribution < -0.4 is 0 Å². The van der Waals surface area contributed by atoms with Gasteiger partial charge in [0.25, 0.3) is 0 Å². The van der Waals surface area contributed by atoms with Crippen LogP contribution in [0.4, 0.5) is 0 Å². The molecular formula is C13H19O3P. The van der Waals surface area contributed by atoms with Gasteiger partial charge in [-0.3, -0.25) is 4.57 Å². The van der Waals surface area contributed by atoms with Gasteiger partial charge in [0.05, 0.1) is 12.7 Å². The lowest BCUT2D eigenvalue weighted by Gasteiger charge is -2.21. The van der Waals surface area contributed by atoms with Gasteiger partial charge in [-0.05, 0) is 18.4 Å². The van der Waals surface area contributed by atoms with Crippen molar-refractivity contribution in [1.82, 2.24) is 0 Å². The lowest BCUT2D eigenvalue weighted by atomic mass is 9.98. The van der Waals surface area contributed by atoms with Crippen LogP contribution in [0.25, 0.3) is 0 Å². The van der Waals surface area contributed by atoms with E-state index in [-0.39, 0.29) is 6.10 Å². The molecule has 0 amide bonds. The number of benzene rings is 1. The van der Waals surface area contributed by atoms with Gasteiger partial charge < -0.3 is 9.05 Å². The summed E-state index contributed by atoms with van der Waals surface area (Å²) in [6.45, 7) is 0.366. The smallest absolute Gasteiger partial charge is 0.307 e. The standard InChI is InChI=1S/C13H19O3P/c14-17(16-13-9-5-2-6-10-13)15-11-12-7-3-1-4-8-12/h1,3-4,7-8,13,17H,2,5-6,9-11H2. The zero-order chi connectivity index (χ0) is 11.9. The van der Waals surface area contributed by atoms with Crippen molar-refractivity contribution in [1.29, 1.82) is 0 Å². The monoisotopic (exact) mass is 254 g/mol. The van der Waals surface area contributed by atoms with E-state index in [0.29, 0.717) is 6.61 Å². The van der Waals surface area contributed by atoms with Crippen LogP contribution in [0.5, 0.6) is 0 Å². The van der Waals surface area contributed by atoms with E-state index in [1.54, 1.807) is 0 Å². The van der Waals surface area contributed by atoms with Crippen molar-refractivity contribution in [2.45, 2.75) is 44.8 Å². The van der Waals surface area contributed by atoms with Gasteiger partial charge in [0.15, 0.2) is 0 Å². The topological polar surface area (TPSA) is 35.5 Å². The number of rotatable bonds is 5. The summed E-state index contributed by atoms with van der Waals surface area (Å²) >= 11 is 0. The first-order valence-electron chi connectivity index (χ1n) is 6.22. The van der Waals surface area contributed by atoms with Crippen molar-refractivity contribution >= 4 is 8.25 Å². The van der Waals surface area contributed by atoms with Gasteiger partial charge in [-0.2, -0.15) is 0 Å². The predicted octanol–water partition coefficient (Wildman–Crippen LogP) is 3.94. The van der Waals surface area contributed by atoms with Gasteiger partial charge in [-0.25, -0.2) is 0 Å². The molecule has 1 fully saturated rings. The molecular weight excluding hydrogens is 235 g/mol. The largest absolute Gasteiger partial charge is 0.319 e. The molecule has 17 heavy (non-hydrogen) atoms. The summed E-state index contributed by atoms with van der Waals surface area (Å²) in [6.07, 6.45) is 5.81. The fraction of sp³-hybridized carbons (Fsp3) is 0.538. The second kappa shape index (κ2) is 6.95. The summed E-state index contributed by atoms with van der Waals surface area (Å²) in [4.78, 5) is 0. The normalized spacial score (nSPS) is 19.1. The van der Waals surface area contributed by atoms with E-state index in [1.165, 1.54) is 19.3 Å². The van der Waals surface area contributed by atoms with Crippen LogP contribution in [0.3, 0.4) is 0 Å². The van der Waals surface area contributed by atoms with E-state index in [0.717, 1.165) is 18.4 Å². The highest BCUT2D eigenvalue weighted by atomic mass is 31.1. The Labute approximate surface area is 103 Å². The Kier molecular flexibility index (Phi) is 5.24. The number of hydrogen-bond donors (Lipinski definition) is 0. The van der Waals surface area contributed by atoms with Crippen LogP contribution in [0.1, 0.15) is 37.7 Å². The molecule has 94 valence electrons. The van der Waals surface area contributed by atoms with E-state index in [9.17, 15) is 4.57 Å². The molecule has 4 heteroatoms. The molecule has 1 aromatic carbocycles. The van der Waals surface area contributed by atoms with Crippen molar-refractivity contribution in [2.24, 2.45) is 0 Å². The minimum atomic E-state index is -2.34. The zero-order valence-electron chi connectivity index (χ0n) is 9.93. The minimum absolute atomic E-state index is 0.144. The molecule has 0 spiro atoms. The first-order chi connectivity index (χ1) is 8.34. The molecule has 1 atom stereocenters. The van der Waals surface area contributed by atoms with Gasteiger partial charge in [0, 0.05) is 0 Å². The van der Waals surface area contributed by atoms with E-state index in [1.807, 2.05) is 30.3 Å². The first-order valence-corrected chi connectivity index (χ1v) is 7.44. The molecule has 1 aromatic rings. The summed E-state index contributed by atoms with van der Waals surface area (Å²) in [5, 5.41) is 0. The summed E-state index contributed by atoms with van der Waals surface area (Å²) < 4.78 is 22.3. The Morgan fingerprint density at radius 1 is 1.12 bits per heavy atom. The highest BCUT2D eigenvalue weighted by Gasteiger charge is 2.16. The maximum Gasteiger partial charge on any atom is 0.319 e. The molecule has 2 rings (SSSR count). The SMILES string of the molecule is O=[PH](OCc1ccccc1)OC1CCCCC1. The molecule has 0 aromatic heterocycles. The third-order valence-corrected chi connectivity index (χ3v) is 3.92. The molecule has 0 saturated heterocycles. The maximum absolute atomic E-state index is 11.6. The van der Waals surface area contributed by atoms with Crippen LogP contribution >= 0.6 is 8.25 Å². The van der Waals surface area contributed by atoms with Crippen molar-refractivity contribution in [3.8, 4) is 0 Å². The second-order valence-corrected chi connectivity index (χ2v) is 5.43. The molecule has 0 heterocycles. The van der Waals surface area contributed by atoms with Crippen LogP contribution in [-0.2, 0) is 20.2 Å². The first kappa shape index (κ1) is 12.8. The van der Waals surface area contributed by atoms with Crippen molar-refractivity contribution < 1.29 is 13.6 Å². The average molecular weight is 254 g/mol. The van der Waals surface area contributed by atoms with Gasteiger partial charge >= 0.3 is 8.25 Å². The Hall–Kier alpha value is -0.630.